The lowest BCUT2D eigenvalue weighted by Crippen LogP contribution is -2.39. The first kappa shape index (κ1) is 19.9. The molecule has 0 saturated carbocycles. The van der Waals surface area contributed by atoms with Gasteiger partial charge in [-0.3, -0.25) is 14.6 Å². The lowest BCUT2D eigenvalue weighted by molar-refractivity contribution is -0.119. The molecule has 1 fully saturated rings. The van der Waals surface area contributed by atoms with Gasteiger partial charge in [0.25, 0.3) is 5.91 Å². The first-order chi connectivity index (χ1) is 15.6. The summed E-state index contributed by atoms with van der Waals surface area (Å²) in [5.74, 6) is 0.0926. The summed E-state index contributed by atoms with van der Waals surface area (Å²) in [7, 11) is 0. The Bertz CT molecular complexity index is 1210. The second kappa shape index (κ2) is 8.26. The number of benzene rings is 2. The number of rotatable bonds is 5. The van der Waals surface area contributed by atoms with E-state index in [2.05, 4.69) is 20.3 Å². The van der Waals surface area contributed by atoms with Gasteiger partial charge in [-0.1, -0.05) is 30.3 Å². The van der Waals surface area contributed by atoms with Crippen LogP contribution in [-0.4, -0.2) is 46.6 Å². The van der Waals surface area contributed by atoms with Crippen LogP contribution in [-0.2, 0) is 9.59 Å². The molecule has 1 aromatic heterocycles. The Morgan fingerprint density at radius 2 is 1.59 bits per heavy atom. The van der Waals surface area contributed by atoms with Crippen molar-refractivity contribution in [2.75, 3.05) is 28.3 Å². The highest BCUT2D eigenvalue weighted by Crippen LogP contribution is 2.29. The lowest BCUT2D eigenvalue weighted by atomic mass is 10.1. The van der Waals surface area contributed by atoms with Crippen LogP contribution in [0.2, 0.25) is 0 Å². The number of aromatic nitrogens is 2. The van der Waals surface area contributed by atoms with Crippen LogP contribution in [0.1, 0.15) is 19.3 Å². The van der Waals surface area contributed by atoms with Crippen molar-refractivity contribution >= 4 is 45.9 Å². The van der Waals surface area contributed by atoms with Crippen LogP contribution in [0, 0.1) is 0 Å². The van der Waals surface area contributed by atoms with E-state index in [0.717, 1.165) is 31.4 Å². The van der Waals surface area contributed by atoms with E-state index in [9.17, 15) is 9.59 Å². The molecule has 0 radical (unpaired) electrons. The molecule has 9 heteroatoms. The molecule has 1 saturated heterocycles. The monoisotopic (exact) mass is 429 g/mol. The molecular formula is C23H23N7O2. The third-order valence-electron chi connectivity index (χ3n) is 5.71. The van der Waals surface area contributed by atoms with E-state index >= 15 is 0 Å². The molecule has 9 nitrogen and oxygen atoms in total. The molecule has 0 aliphatic carbocycles. The molecular weight excluding hydrogens is 406 g/mol. The number of hydrogen-bond acceptors (Lipinski definition) is 7. The summed E-state index contributed by atoms with van der Waals surface area (Å²) < 4.78 is 0. The average molecular weight is 429 g/mol. The molecule has 0 bridgehead atoms. The molecule has 2 aliphatic rings. The lowest BCUT2D eigenvalue weighted by Gasteiger charge is -2.20. The molecule has 2 amide bonds. The van der Waals surface area contributed by atoms with Gasteiger partial charge in [-0.05, 0) is 37.1 Å². The third kappa shape index (κ3) is 3.73. The van der Waals surface area contributed by atoms with Crippen molar-refractivity contribution in [1.29, 1.82) is 0 Å². The van der Waals surface area contributed by atoms with Crippen LogP contribution in [0.4, 0.5) is 17.3 Å². The number of para-hydroxylation sites is 3. The van der Waals surface area contributed by atoms with Crippen molar-refractivity contribution in [1.82, 2.24) is 9.97 Å². The summed E-state index contributed by atoms with van der Waals surface area (Å²) >= 11 is 0. The number of carbonyl (C=O) groups is 2. The molecule has 3 N–H and O–H groups in total. The summed E-state index contributed by atoms with van der Waals surface area (Å²) in [5, 5.41) is 8.82. The second-order valence-electron chi connectivity index (χ2n) is 7.88. The minimum absolute atomic E-state index is 0.121. The quantitative estimate of drug-likeness (QED) is 0.643. The highest BCUT2D eigenvalue weighted by Gasteiger charge is 2.35. The fourth-order valence-electron chi connectivity index (χ4n) is 4.09. The van der Waals surface area contributed by atoms with E-state index in [4.69, 9.17) is 10.7 Å². The standard InChI is InChI=1S/C23H23N7O2/c24-20(31)19-14-18(28-30(19)15-8-2-1-3-9-15)23(32)27-21-22(29-12-6-7-13-29)26-17-11-5-4-10-16(17)25-21/h1-5,8-11,19H,6-7,12-14H2,(H2,24,31)(H,25,27,32). The Hall–Kier alpha value is -4.01. The Labute approximate surface area is 184 Å². The van der Waals surface area contributed by atoms with Gasteiger partial charge in [-0.2, -0.15) is 5.10 Å². The fourth-order valence-corrected chi connectivity index (χ4v) is 4.09. The van der Waals surface area contributed by atoms with E-state index < -0.39 is 17.9 Å². The van der Waals surface area contributed by atoms with Crippen LogP contribution < -0.4 is 21.0 Å². The Morgan fingerprint density at radius 1 is 0.938 bits per heavy atom. The zero-order valence-electron chi connectivity index (χ0n) is 17.4. The van der Waals surface area contributed by atoms with Gasteiger partial charge in [-0.25, -0.2) is 9.97 Å². The SMILES string of the molecule is NC(=O)C1CC(C(=O)Nc2nc3ccccc3nc2N2CCCC2)=NN1c1ccccc1. The number of amides is 2. The molecule has 2 aromatic carbocycles. The topological polar surface area (TPSA) is 117 Å². The van der Waals surface area contributed by atoms with E-state index in [1.54, 1.807) is 0 Å². The Morgan fingerprint density at radius 3 is 2.28 bits per heavy atom. The minimum Gasteiger partial charge on any atom is -0.368 e. The third-order valence-corrected chi connectivity index (χ3v) is 5.71. The molecule has 3 aromatic rings. The highest BCUT2D eigenvalue weighted by molar-refractivity contribution is 6.44. The van der Waals surface area contributed by atoms with Gasteiger partial charge in [0.05, 0.1) is 16.7 Å². The summed E-state index contributed by atoms with van der Waals surface area (Å²) in [6.45, 7) is 1.73. The minimum atomic E-state index is -0.723. The van der Waals surface area contributed by atoms with Crippen LogP contribution in [0.15, 0.2) is 59.7 Å². The zero-order valence-corrected chi connectivity index (χ0v) is 17.4. The van der Waals surface area contributed by atoms with Crippen LogP contribution >= 0.6 is 0 Å². The van der Waals surface area contributed by atoms with E-state index in [0.29, 0.717) is 22.8 Å². The molecule has 1 unspecified atom stereocenters. The van der Waals surface area contributed by atoms with Gasteiger partial charge in [0, 0.05) is 19.5 Å². The van der Waals surface area contributed by atoms with Gasteiger partial charge < -0.3 is 16.0 Å². The Balaban J connectivity index is 1.46. The van der Waals surface area contributed by atoms with Gasteiger partial charge >= 0.3 is 0 Å². The van der Waals surface area contributed by atoms with Gasteiger partial charge in [0.1, 0.15) is 11.8 Å². The zero-order chi connectivity index (χ0) is 22.1. The number of nitrogens with one attached hydrogen (secondary N) is 1. The first-order valence-corrected chi connectivity index (χ1v) is 10.6. The van der Waals surface area contributed by atoms with E-state index in [1.807, 2.05) is 54.6 Å². The highest BCUT2D eigenvalue weighted by atomic mass is 16.2. The first-order valence-electron chi connectivity index (χ1n) is 10.6. The Kier molecular flexibility index (Phi) is 5.14. The molecule has 162 valence electrons. The van der Waals surface area contributed by atoms with E-state index in [-0.39, 0.29) is 12.1 Å². The predicted molar refractivity (Wildman–Crippen MR) is 124 cm³/mol. The summed E-state index contributed by atoms with van der Waals surface area (Å²) in [6.07, 6.45) is 2.26. The van der Waals surface area contributed by atoms with Gasteiger partial charge in [0.2, 0.25) is 5.91 Å². The smallest absolute Gasteiger partial charge is 0.273 e. The molecule has 5 rings (SSSR count). The normalized spacial score (nSPS) is 18.1. The number of hydrogen-bond donors (Lipinski definition) is 2. The van der Waals surface area contributed by atoms with Crippen molar-refractivity contribution in [2.24, 2.45) is 10.8 Å². The van der Waals surface area contributed by atoms with Crippen LogP contribution in [0.5, 0.6) is 0 Å². The molecule has 3 heterocycles. The molecule has 0 spiro atoms. The van der Waals surface area contributed by atoms with Crippen molar-refractivity contribution in [3.63, 3.8) is 0 Å². The summed E-state index contributed by atoms with van der Waals surface area (Å²) in [5.41, 5.74) is 7.98. The van der Waals surface area contributed by atoms with Crippen molar-refractivity contribution in [2.45, 2.75) is 25.3 Å². The summed E-state index contributed by atoms with van der Waals surface area (Å²) in [4.78, 5) is 36.8. The maximum Gasteiger partial charge on any atom is 0.273 e. The molecule has 2 aliphatic heterocycles. The maximum absolute atomic E-state index is 13.2. The number of nitrogens with two attached hydrogens (primary N) is 1. The van der Waals surface area contributed by atoms with Crippen molar-refractivity contribution < 1.29 is 9.59 Å². The largest absolute Gasteiger partial charge is 0.368 e. The van der Waals surface area contributed by atoms with Crippen LogP contribution in [0.3, 0.4) is 0 Å². The molecule has 1 atom stereocenters. The maximum atomic E-state index is 13.2. The van der Waals surface area contributed by atoms with Crippen molar-refractivity contribution in [3.05, 3.63) is 54.6 Å². The second-order valence-corrected chi connectivity index (χ2v) is 7.88. The van der Waals surface area contributed by atoms with Gasteiger partial charge in [-0.15, -0.1) is 0 Å². The van der Waals surface area contributed by atoms with Crippen LogP contribution in [0.25, 0.3) is 11.0 Å². The predicted octanol–water partition coefficient (Wildman–Crippen LogP) is 2.29. The number of fused-ring (bicyclic) bond motifs is 1. The molecule has 32 heavy (non-hydrogen) atoms. The number of nitrogens with zero attached hydrogens (tertiary/aromatic N) is 5. The van der Waals surface area contributed by atoms with E-state index in [1.165, 1.54) is 5.01 Å². The fraction of sp³-hybridized carbons (Fsp3) is 0.261. The summed E-state index contributed by atoms with van der Waals surface area (Å²) in [6, 6.07) is 16.0. The van der Waals surface area contributed by atoms with Crippen molar-refractivity contribution in [3.8, 4) is 0 Å². The number of carbonyl (C=O) groups excluding carboxylic acids is 2. The van der Waals surface area contributed by atoms with Gasteiger partial charge in [0.15, 0.2) is 11.6 Å². The number of hydrazone groups is 1. The number of primary amides is 1. The number of anilines is 3. The average Bonchev–Trinajstić information content (AvgIpc) is 3.50.